The SMILES string of the molecule is CNC(c1ccccc1OC(C)C)c1cc(C)nnc1C. The minimum absolute atomic E-state index is 0.0362. The molecule has 0 aliphatic carbocycles. The molecule has 4 heteroatoms. The summed E-state index contributed by atoms with van der Waals surface area (Å²) >= 11 is 0. The maximum Gasteiger partial charge on any atom is 0.124 e. The van der Waals surface area contributed by atoms with Gasteiger partial charge in [0.1, 0.15) is 5.75 Å². The summed E-state index contributed by atoms with van der Waals surface area (Å²) in [4.78, 5) is 0. The molecule has 4 nitrogen and oxygen atoms in total. The Kier molecular flexibility index (Phi) is 4.91. The van der Waals surface area contributed by atoms with Crippen molar-refractivity contribution in [3.8, 4) is 5.75 Å². The van der Waals surface area contributed by atoms with E-state index in [0.717, 1.165) is 28.3 Å². The van der Waals surface area contributed by atoms with E-state index in [4.69, 9.17) is 4.74 Å². The predicted octanol–water partition coefficient (Wildman–Crippen LogP) is 3.19. The fraction of sp³-hybridized carbons (Fsp3) is 0.412. The van der Waals surface area contributed by atoms with Gasteiger partial charge in [-0.1, -0.05) is 18.2 Å². The standard InChI is InChI=1S/C17H23N3O/c1-11(2)21-16-9-7-6-8-14(16)17(18-5)15-10-12(3)19-20-13(15)4/h6-11,17-18H,1-5H3. The second-order valence-corrected chi connectivity index (χ2v) is 5.45. The monoisotopic (exact) mass is 285 g/mol. The van der Waals surface area contributed by atoms with Crippen LogP contribution in [0, 0.1) is 13.8 Å². The summed E-state index contributed by atoms with van der Waals surface area (Å²) in [6.07, 6.45) is 0.141. The first-order valence-corrected chi connectivity index (χ1v) is 7.26. The summed E-state index contributed by atoms with van der Waals surface area (Å²) < 4.78 is 5.94. The van der Waals surface area contributed by atoms with Crippen LogP contribution in [0.15, 0.2) is 30.3 Å². The summed E-state index contributed by atoms with van der Waals surface area (Å²) in [6.45, 7) is 8.01. The summed E-state index contributed by atoms with van der Waals surface area (Å²) in [5, 5.41) is 11.7. The van der Waals surface area contributed by atoms with Crippen LogP contribution in [-0.2, 0) is 0 Å². The smallest absolute Gasteiger partial charge is 0.124 e. The number of nitrogens with zero attached hydrogens (tertiary/aromatic N) is 2. The highest BCUT2D eigenvalue weighted by Gasteiger charge is 2.19. The van der Waals surface area contributed by atoms with E-state index in [1.54, 1.807) is 0 Å². The Morgan fingerprint density at radius 2 is 1.76 bits per heavy atom. The first kappa shape index (κ1) is 15.4. The lowest BCUT2D eigenvalue weighted by Crippen LogP contribution is -2.21. The van der Waals surface area contributed by atoms with Gasteiger partial charge in [0.25, 0.3) is 0 Å². The van der Waals surface area contributed by atoms with Crippen molar-refractivity contribution in [2.45, 2.75) is 39.8 Å². The molecule has 1 aromatic carbocycles. The predicted molar refractivity (Wildman–Crippen MR) is 84.6 cm³/mol. The minimum Gasteiger partial charge on any atom is -0.491 e. The van der Waals surface area contributed by atoms with E-state index in [1.165, 1.54) is 0 Å². The fourth-order valence-electron chi connectivity index (χ4n) is 2.42. The molecule has 0 aliphatic heterocycles. The van der Waals surface area contributed by atoms with Crippen molar-refractivity contribution < 1.29 is 4.74 Å². The molecule has 2 aromatic rings. The zero-order valence-electron chi connectivity index (χ0n) is 13.3. The number of ether oxygens (including phenoxy) is 1. The van der Waals surface area contributed by atoms with E-state index in [-0.39, 0.29) is 12.1 Å². The number of hydrogen-bond acceptors (Lipinski definition) is 4. The van der Waals surface area contributed by atoms with Crippen LogP contribution in [-0.4, -0.2) is 23.3 Å². The highest BCUT2D eigenvalue weighted by molar-refractivity contribution is 5.42. The molecule has 2 rings (SSSR count). The van der Waals surface area contributed by atoms with Gasteiger partial charge in [0, 0.05) is 5.56 Å². The van der Waals surface area contributed by atoms with E-state index in [1.807, 2.05) is 52.9 Å². The molecule has 0 radical (unpaired) electrons. The van der Waals surface area contributed by atoms with Gasteiger partial charge < -0.3 is 10.1 Å². The summed E-state index contributed by atoms with van der Waals surface area (Å²) in [7, 11) is 1.95. The number of aryl methyl sites for hydroxylation is 2. The molecule has 0 bridgehead atoms. The molecule has 112 valence electrons. The summed E-state index contributed by atoms with van der Waals surface area (Å²) in [6, 6.07) is 10.2. The van der Waals surface area contributed by atoms with Crippen LogP contribution in [0.5, 0.6) is 5.75 Å². The number of rotatable bonds is 5. The molecular weight excluding hydrogens is 262 g/mol. The third-order valence-electron chi connectivity index (χ3n) is 3.33. The molecule has 1 heterocycles. The molecule has 0 saturated heterocycles. The minimum atomic E-state index is 0.0362. The van der Waals surface area contributed by atoms with Crippen molar-refractivity contribution in [2.75, 3.05) is 7.05 Å². The highest BCUT2D eigenvalue weighted by atomic mass is 16.5. The summed E-state index contributed by atoms with van der Waals surface area (Å²) in [5.74, 6) is 0.903. The van der Waals surface area contributed by atoms with Gasteiger partial charge in [-0.25, -0.2) is 0 Å². The quantitative estimate of drug-likeness (QED) is 0.916. The number of aromatic nitrogens is 2. The maximum atomic E-state index is 5.94. The van der Waals surface area contributed by atoms with Gasteiger partial charge in [-0.05, 0) is 52.4 Å². The number of benzene rings is 1. The van der Waals surface area contributed by atoms with Crippen molar-refractivity contribution in [2.24, 2.45) is 0 Å². The largest absolute Gasteiger partial charge is 0.491 e. The molecule has 21 heavy (non-hydrogen) atoms. The molecular formula is C17H23N3O. The maximum absolute atomic E-state index is 5.94. The molecule has 0 aliphatic rings. The van der Waals surface area contributed by atoms with Gasteiger partial charge in [-0.15, -0.1) is 0 Å². The molecule has 1 N–H and O–H groups in total. The van der Waals surface area contributed by atoms with Crippen LogP contribution in [0.4, 0.5) is 0 Å². The van der Waals surface area contributed by atoms with Gasteiger partial charge in [0.2, 0.25) is 0 Å². The third-order valence-corrected chi connectivity index (χ3v) is 3.33. The van der Waals surface area contributed by atoms with Crippen molar-refractivity contribution in [3.05, 3.63) is 52.8 Å². The number of hydrogen-bond donors (Lipinski definition) is 1. The average molecular weight is 285 g/mol. The number of para-hydroxylation sites is 1. The second kappa shape index (κ2) is 6.68. The second-order valence-electron chi connectivity index (χ2n) is 5.45. The lowest BCUT2D eigenvalue weighted by molar-refractivity contribution is 0.238. The average Bonchev–Trinajstić information content (AvgIpc) is 2.44. The molecule has 0 amide bonds. The van der Waals surface area contributed by atoms with E-state index < -0.39 is 0 Å². The van der Waals surface area contributed by atoms with Crippen LogP contribution < -0.4 is 10.1 Å². The van der Waals surface area contributed by atoms with Crippen LogP contribution in [0.2, 0.25) is 0 Å². The van der Waals surface area contributed by atoms with Gasteiger partial charge >= 0.3 is 0 Å². The van der Waals surface area contributed by atoms with E-state index in [2.05, 4.69) is 27.6 Å². The van der Waals surface area contributed by atoms with Crippen LogP contribution in [0.25, 0.3) is 0 Å². The van der Waals surface area contributed by atoms with E-state index >= 15 is 0 Å². The molecule has 0 spiro atoms. The third kappa shape index (κ3) is 3.58. The topological polar surface area (TPSA) is 47.0 Å². The Labute approximate surface area is 126 Å². The van der Waals surface area contributed by atoms with Gasteiger partial charge in [-0.2, -0.15) is 10.2 Å². The van der Waals surface area contributed by atoms with Crippen molar-refractivity contribution in [1.82, 2.24) is 15.5 Å². The van der Waals surface area contributed by atoms with Crippen molar-refractivity contribution in [3.63, 3.8) is 0 Å². The van der Waals surface area contributed by atoms with Crippen molar-refractivity contribution >= 4 is 0 Å². The Balaban J connectivity index is 2.49. The zero-order chi connectivity index (χ0) is 15.4. The first-order chi connectivity index (χ1) is 10.0. The van der Waals surface area contributed by atoms with Crippen LogP contribution in [0.1, 0.15) is 42.4 Å². The molecule has 1 atom stereocenters. The summed E-state index contributed by atoms with van der Waals surface area (Å²) in [5.41, 5.74) is 4.09. The Bertz CT molecular complexity index is 611. The van der Waals surface area contributed by atoms with E-state index in [0.29, 0.717) is 0 Å². The Morgan fingerprint density at radius 1 is 1.05 bits per heavy atom. The molecule has 0 saturated carbocycles. The first-order valence-electron chi connectivity index (χ1n) is 7.26. The molecule has 1 unspecified atom stereocenters. The van der Waals surface area contributed by atoms with Crippen LogP contribution >= 0.6 is 0 Å². The number of nitrogens with one attached hydrogen (secondary N) is 1. The van der Waals surface area contributed by atoms with Gasteiger partial charge in [0.05, 0.1) is 23.5 Å². The van der Waals surface area contributed by atoms with Crippen LogP contribution in [0.3, 0.4) is 0 Å². The van der Waals surface area contributed by atoms with Crippen molar-refractivity contribution in [1.29, 1.82) is 0 Å². The normalized spacial score (nSPS) is 12.5. The Hall–Kier alpha value is -1.94. The lowest BCUT2D eigenvalue weighted by Gasteiger charge is -2.22. The Morgan fingerprint density at radius 3 is 2.43 bits per heavy atom. The van der Waals surface area contributed by atoms with E-state index in [9.17, 15) is 0 Å². The van der Waals surface area contributed by atoms with Gasteiger partial charge in [0.15, 0.2) is 0 Å². The fourth-order valence-corrected chi connectivity index (χ4v) is 2.42. The zero-order valence-corrected chi connectivity index (χ0v) is 13.3. The van der Waals surface area contributed by atoms with Gasteiger partial charge in [-0.3, -0.25) is 0 Å². The molecule has 0 fully saturated rings. The molecule has 1 aromatic heterocycles. The highest BCUT2D eigenvalue weighted by Crippen LogP contribution is 2.31. The lowest BCUT2D eigenvalue weighted by atomic mass is 9.97.